The van der Waals surface area contributed by atoms with E-state index in [1.165, 1.54) is 0 Å². The van der Waals surface area contributed by atoms with E-state index in [2.05, 4.69) is 21.2 Å². The zero-order chi connectivity index (χ0) is 14.5. The maximum Gasteiger partial charge on any atom is 0.272 e. The Bertz CT molecular complexity index is 608. The molecule has 1 aromatic carbocycles. The summed E-state index contributed by atoms with van der Waals surface area (Å²) in [6.07, 6.45) is 2.62. The van der Waals surface area contributed by atoms with E-state index in [1.807, 2.05) is 37.5 Å². The standard InChI is InChI=1S/C15H17BrN2O2/c1-18-10-12(16)9-14(18)15(19)17-13-6-4-3-5-11(13)7-8-20-2/h3-6,9-10H,7-8H2,1-2H3,(H,17,19). The van der Waals surface area contributed by atoms with Crippen molar-refractivity contribution < 1.29 is 9.53 Å². The van der Waals surface area contributed by atoms with Gasteiger partial charge in [0.25, 0.3) is 5.91 Å². The largest absolute Gasteiger partial charge is 0.384 e. The highest BCUT2D eigenvalue weighted by atomic mass is 79.9. The Kier molecular flexibility index (Phi) is 4.98. The van der Waals surface area contributed by atoms with Crippen LogP contribution in [0.1, 0.15) is 16.1 Å². The molecule has 4 nitrogen and oxygen atoms in total. The molecule has 2 aromatic rings. The number of methoxy groups -OCH3 is 1. The summed E-state index contributed by atoms with van der Waals surface area (Å²) in [6.45, 7) is 0.628. The fourth-order valence-corrected chi connectivity index (χ4v) is 2.53. The number of carbonyl (C=O) groups excluding carboxylic acids is 1. The van der Waals surface area contributed by atoms with E-state index in [0.717, 1.165) is 22.1 Å². The highest BCUT2D eigenvalue weighted by molar-refractivity contribution is 9.10. The van der Waals surface area contributed by atoms with Gasteiger partial charge < -0.3 is 14.6 Å². The van der Waals surface area contributed by atoms with Crippen LogP contribution in [-0.2, 0) is 18.2 Å². The Morgan fingerprint density at radius 1 is 1.40 bits per heavy atom. The number of amides is 1. The monoisotopic (exact) mass is 336 g/mol. The van der Waals surface area contributed by atoms with Gasteiger partial charge in [-0.05, 0) is 40.0 Å². The third-order valence-corrected chi connectivity index (χ3v) is 3.48. The summed E-state index contributed by atoms with van der Waals surface area (Å²) in [5.74, 6) is -0.122. The SMILES string of the molecule is COCCc1ccccc1NC(=O)c1cc(Br)cn1C. The quantitative estimate of drug-likeness (QED) is 0.910. The summed E-state index contributed by atoms with van der Waals surface area (Å²) in [6, 6.07) is 9.57. The maximum absolute atomic E-state index is 12.3. The topological polar surface area (TPSA) is 43.3 Å². The van der Waals surface area contributed by atoms with Gasteiger partial charge in [-0.2, -0.15) is 0 Å². The number of carbonyl (C=O) groups is 1. The Labute approximate surface area is 126 Å². The molecule has 0 saturated heterocycles. The van der Waals surface area contributed by atoms with E-state index in [-0.39, 0.29) is 5.91 Å². The van der Waals surface area contributed by atoms with Crippen LogP contribution in [0, 0.1) is 0 Å². The number of halogens is 1. The molecule has 5 heteroatoms. The van der Waals surface area contributed by atoms with Crippen molar-refractivity contribution >= 4 is 27.5 Å². The van der Waals surface area contributed by atoms with E-state index >= 15 is 0 Å². The smallest absolute Gasteiger partial charge is 0.272 e. The van der Waals surface area contributed by atoms with Crippen molar-refractivity contribution in [3.05, 3.63) is 52.3 Å². The lowest BCUT2D eigenvalue weighted by Gasteiger charge is -2.11. The van der Waals surface area contributed by atoms with E-state index in [9.17, 15) is 4.79 Å². The number of aromatic nitrogens is 1. The van der Waals surface area contributed by atoms with Gasteiger partial charge in [-0.1, -0.05) is 18.2 Å². The molecule has 0 saturated carbocycles. The molecule has 0 bridgehead atoms. The number of rotatable bonds is 5. The van der Waals surface area contributed by atoms with Crippen LogP contribution < -0.4 is 5.32 Å². The van der Waals surface area contributed by atoms with Crippen molar-refractivity contribution in [1.82, 2.24) is 4.57 Å². The van der Waals surface area contributed by atoms with Crippen LogP contribution in [0.4, 0.5) is 5.69 Å². The molecule has 1 aromatic heterocycles. The third kappa shape index (κ3) is 3.49. The summed E-state index contributed by atoms with van der Waals surface area (Å²) < 4.78 is 7.77. The zero-order valence-electron chi connectivity index (χ0n) is 11.5. The van der Waals surface area contributed by atoms with Crippen LogP contribution in [0.2, 0.25) is 0 Å². The van der Waals surface area contributed by atoms with Gasteiger partial charge >= 0.3 is 0 Å². The molecule has 0 aliphatic heterocycles. The lowest BCUT2D eigenvalue weighted by molar-refractivity contribution is 0.101. The van der Waals surface area contributed by atoms with Crippen LogP contribution in [0.15, 0.2) is 41.0 Å². The molecule has 0 aliphatic rings. The molecular formula is C15H17BrN2O2. The Balaban J connectivity index is 2.17. The van der Waals surface area contributed by atoms with Gasteiger partial charge in [0.15, 0.2) is 0 Å². The summed E-state index contributed by atoms with van der Waals surface area (Å²) in [5.41, 5.74) is 2.50. The molecule has 0 aliphatic carbocycles. The molecule has 1 N–H and O–H groups in total. The highest BCUT2D eigenvalue weighted by Crippen LogP contribution is 2.19. The number of hydrogen-bond acceptors (Lipinski definition) is 2. The second-order valence-electron chi connectivity index (χ2n) is 4.51. The Morgan fingerprint density at radius 2 is 2.15 bits per heavy atom. The lowest BCUT2D eigenvalue weighted by Crippen LogP contribution is -2.16. The van der Waals surface area contributed by atoms with Gasteiger partial charge in [-0.3, -0.25) is 4.79 Å². The highest BCUT2D eigenvalue weighted by Gasteiger charge is 2.12. The zero-order valence-corrected chi connectivity index (χ0v) is 13.1. The predicted molar refractivity (Wildman–Crippen MR) is 83.1 cm³/mol. The van der Waals surface area contributed by atoms with E-state index < -0.39 is 0 Å². The minimum Gasteiger partial charge on any atom is -0.384 e. The van der Waals surface area contributed by atoms with Crippen molar-refractivity contribution in [2.75, 3.05) is 19.0 Å². The minimum absolute atomic E-state index is 0.122. The molecule has 1 amide bonds. The van der Waals surface area contributed by atoms with Crippen LogP contribution in [-0.4, -0.2) is 24.2 Å². The van der Waals surface area contributed by atoms with Gasteiger partial charge in [0.05, 0.1) is 6.61 Å². The molecule has 0 atom stereocenters. The van der Waals surface area contributed by atoms with Crippen LogP contribution in [0.25, 0.3) is 0 Å². The number of nitrogens with one attached hydrogen (secondary N) is 1. The Hall–Kier alpha value is -1.59. The first kappa shape index (κ1) is 14.8. The first-order valence-corrected chi connectivity index (χ1v) is 7.11. The fraction of sp³-hybridized carbons (Fsp3) is 0.267. The molecule has 0 unspecified atom stereocenters. The van der Waals surface area contributed by atoms with Crippen LogP contribution in [0.5, 0.6) is 0 Å². The van der Waals surface area contributed by atoms with Crippen molar-refractivity contribution in [3.63, 3.8) is 0 Å². The predicted octanol–water partition coefficient (Wildman–Crippen LogP) is 3.23. The van der Waals surface area contributed by atoms with Crippen molar-refractivity contribution in [1.29, 1.82) is 0 Å². The van der Waals surface area contributed by atoms with Gasteiger partial charge in [0, 0.05) is 30.5 Å². The van der Waals surface area contributed by atoms with Gasteiger partial charge in [-0.15, -0.1) is 0 Å². The molecule has 0 spiro atoms. The normalized spacial score (nSPS) is 10.6. The number of para-hydroxylation sites is 1. The second kappa shape index (κ2) is 6.72. The molecule has 2 rings (SSSR count). The van der Waals surface area contributed by atoms with Crippen LogP contribution in [0.3, 0.4) is 0 Å². The number of hydrogen-bond donors (Lipinski definition) is 1. The lowest BCUT2D eigenvalue weighted by atomic mass is 10.1. The average Bonchev–Trinajstić information content (AvgIpc) is 2.77. The molecule has 0 fully saturated rings. The van der Waals surface area contributed by atoms with Crippen molar-refractivity contribution in [2.45, 2.75) is 6.42 Å². The first-order chi connectivity index (χ1) is 9.61. The summed E-state index contributed by atoms with van der Waals surface area (Å²) in [4.78, 5) is 12.3. The van der Waals surface area contributed by atoms with Crippen molar-refractivity contribution in [3.8, 4) is 0 Å². The first-order valence-electron chi connectivity index (χ1n) is 6.32. The van der Waals surface area contributed by atoms with Gasteiger partial charge in [0.2, 0.25) is 0 Å². The number of aryl methyl sites for hydroxylation is 1. The molecule has 1 heterocycles. The molecule has 0 radical (unpaired) electrons. The number of ether oxygens (including phenoxy) is 1. The Morgan fingerprint density at radius 3 is 2.80 bits per heavy atom. The summed E-state index contributed by atoms with van der Waals surface area (Å²) in [7, 11) is 3.51. The number of benzene rings is 1. The number of anilines is 1. The minimum atomic E-state index is -0.122. The van der Waals surface area contributed by atoms with Gasteiger partial charge in [0.1, 0.15) is 5.69 Å². The fourth-order valence-electron chi connectivity index (χ4n) is 2.01. The van der Waals surface area contributed by atoms with E-state index in [0.29, 0.717) is 12.3 Å². The maximum atomic E-state index is 12.3. The molecule has 106 valence electrons. The van der Waals surface area contributed by atoms with Crippen molar-refractivity contribution in [2.24, 2.45) is 7.05 Å². The average molecular weight is 337 g/mol. The van der Waals surface area contributed by atoms with Crippen LogP contribution >= 0.6 is 15.9 Å². The second-order valence-corrected chi connectivity index (χ2v) is 5.42. The summed E-state index contributed by atoms with van der Waals surface area (Å²) >= 11 is 3.37. The summed E-state index contributed by atoms with van der Waals surface area (Å²) in [5, 5.41) is 2.95. The molecular weight excluding hydrogens is 320 g/mol. The van der Waals surface area contributed by atoms with Gasteiger partial charge in [-0.25, -0.2) is 0 Å². The number of nitrogens with zero attached hydrogens (tertiary/aromatic N) is 1. The molecule has 20 heavy (non-hydrogen) atoms. The van der Waals surface area contributed by atoms with E-state index in [4.69, 9.17) is 4.74 Å². The third-order valence-electron chi connectivity index (χ3n) is 3.05. The van der Waals surface area contributed by atoms with E-state index in [1.54, 1.807) is 17.7 Å².